The van der Waals surface area contributed by atoms with Crippen LogP contribution in [0.15, 0.2) is 29.3 Å². The van der Waals surface area contributed by atoms with Gasteiger partial charge in [-0.1, -0.05) is 25.5 Å². The molecule has 0 aliphatic rings. The van der Waals surface area contributed by atoms with Gasteiger partial charge in [-0.3, -0.25) is 0 Å². The maximum atomic E-state index is 5.78. The van der Waals surface area contributed by atoms with Crippen LogP contribution in [0.1, 0.15) is 38.7 Å². The lowest BCUT2D eigenvalue weighted by molar-refractivity contribution is 0.0487. The first-order chi connectivity index (χ1) is 14.7. The van der Waals surface area contributed by atoms with Gasteiger partial charge in [0.1, 0.15) is 5.75 Å². The summed E-state index contributed by atoms with van der Waals surface area (Å²) in [5.74, 6) is 1.70. The average Bonchev–Trinajstić information content (AvgIpc) is 2.74. The number of hydrogen-bond acceptors (Lipinski definition) is 5. The molecule has 2 N–H and O–H groups in total. The van der Waals surface area contributed by atoms with E-state index in [0.717, 1.165) is 62.8 Å². The number of hydrogen-bond donors (Lipinski definition) is 2. The molecule has 0 aliphatic heterocycles. The summed E-state index contributed by atoms with van der Waals surface area (Å²) in [5, 5.41) is 6.56. The number of benzene rings is 1. The van der Waals surface area contributed by atoms with Gasteiger partial charge in [-0.25, -0.2) is 4.99 Å². The number of nitrogens with one attached hydrogen (secondary N) is 2. The molecule has 1 aromatic rings. The predicted molar refractivity (Wildman–Crippen MR) is 140 cm³/mol. The SMILES string of the molecule is CCCCOCCOCCNC(=NCc1ccc(OCCCN(C)C)cc1)NCC.I. The molecule has 0 saturated carbocycles. The zero-order chi connectivity index (χ0) is 21.9. The van der Waals surface area contributed by atoms with Gasteiger partial charge < -0.3 is 29.7 Å². The smallest absolute Gasteiger partial charge is 0.191 e. The standard InChI is InChI=1S/C23H42N4O3.HI/c1-5-7-15-28-18-19-29-17-13-25-23(24-6-2)26-20-21-9-11-22(12-10-21)30-16-8-14-27(3)4;/h9-12H,5-8,13-20H2,1-4H3,(H2,24,25,26);1H. The van der Waals surface area contributed by atoms with Crippen LogP contribution >= 0.6 is 24.0 Å². The summed E-state index contributed by atoms with van der Waals surface area (Å²) in [6.45, 7) is 10.9. The first-order valence-electron chi connectivity index (χ1n) is 11.2. The number of ether oxygens (including phenoxy) is 3. The fraction of sp³-hybridized carbons (Fsp3) is 0.696. The van der Waals surface area contributed by atoms with E-state index in [9.17, 15) is 0 Å². The zero-order valence-corrected chi connectivity index (χ0v) is 22.2. The molecule has 0 spiro atoms. The maximum absolute atomic E-state index is 5.78. The van der Waals surface area contributed by atoms with Crippen molar-refractivity contribution in [1.29, 1.82) is 0 Å². The van der Waals surface area contributed by atoms with E-state index < -0.39 is 0 Å². The Morgan fingerprint density at radius 1 is 0.903 bits per heavy atom. The van der Waals surface area contributed by atoms with E-state index in [1.807, 2.05) is 12.1 Å². The predicted octanol–water partition coefficient (Wildman–Crippen LogP) is 3.52. The van der Waals surface area contributed by atoms with E-state index in [4.69, 9.17) is 14.2 Å². The van der Waals surface area contributed by atoms with Gasteiger partial charge in [-0.15, -0.1) is 24.0 Å². The molecule has 180 valence electrons. The lowest BCUT2D eigenvalue weighted by Crippen LogP contribution is -2.39. The van der Waals surface area contributed by atoms with E-state index >= 15 is 0 Å². The van der Waals surface area contributed by atoms with E-state index in [0.29, 0.717) is 32.9 Å². The molecular formula is C23H43IN4O3. The van der Waals surface area contributed by atoms with Gasteiger partial charge in [0.25, 0.3) is 0 Å². The van der Waals surface area contributed by atoms with Crippen molar-refractivity contribution in [2.24, 2.45) is 4.99 Å². The summed E-state index contributed by atoms with van der Waals surface area (Å²) in [5.41, 5.74) is 1.15. The first-order valence-corrected chi connectivity index (χ1v) is 11.2. The third-order valence-corrected chi connectivity index (χ3v) is 4.26. The summed E-state index contributed by atoms with van der Waals surface area (Å²) in [6.07, 6.45) is 3.29. The molecule has 0 aromatic heterocycles. The van der Waals surface area contributed by atoms with Crippen LogP contribution in [-0.4, -0.2) is 77.6 Å². The second-order valence-corrected chi connectivity index (χ2v) is 7.35. The first kappa shape index (κ1) is 29.9. The summed E-state index contributed by atoms with van der Waals surface area (Å²) in [7, 11) is 4.15. The van der Waals surface area contributed by atoms with Gasteiger partial charge in [-0.2, -0.15) is 0 Å². The Bertz CT molecular complexity index is 556. The van der Waals surface area contributed by atoms with Gasteiger partial charge in [-0.05, 0) is 51.6 Å². The van der Waals surface area contributed by atoms with Crippen molar-refractivity contribution in [2.45, 2.75) is 39.7 Å². The van der Waals surface area contributed by atoms with Crippen molar-refractivity contribution in [3.8, 4) is 5.75 Å². The van der Waals surface area contributed by atoms with Crippen LogP contribution in [-0.2, 0) is 16.0 Å². The molecule has 8 heteroatoms. The molecule has 31 heavy (non-hydrogen) atoms. The Morgan fingerprint density at radius 3 is 2.26 bits per heavy atom. The van der Waals surface area contributed by atoms with Crippen LogP contribution in [0.25, 0.3) is 0 Å². The molecule has 1 rings (SSSR count). The minimum atomic E-state index is 0. The molecule has 0 aliphatic carbocycles. The highest BCUT2D eigenvalue weighted by Crippen LogP contribution is 2.13. The fourth-order valence-corrected chi connectivity index (χ4v) is 2.58. The van der Waals surface area contributed by atoms with Crippen LogP contribution in [0.4, 0.5) is 0 Å². The quantitative estimate of drug-likeness (QED) is 0.134. The third kappa shape index (κ3) is 17.2. The van der Waals surface area contributed by atoms with Crippen LogP contribution in [0.3, 0.4) is 0 Å². The second-order valence-electron chi connectivity index (χ2n) is 7.35. The summed E-state index contributed by atoms with van der Waals surface area (Å²) in [6, 6.07) is 8.15. The molecular weight excluding hydrogens is 507 g/mol. The highest BCUT2D eigenvalue weighted by atomic mass is 127. The van der Waals surface area contributed by atoms with E-state index in [1.54, 1.807) is 0 Å². The Hall–Kier alpha value is -1.10. The minimum absolute atomic E-state index is 0. The molecule has 0 bridgehead atoms. The van der Waals surface area contributed by atoms with Gasteiger partial charge in [0, 0.05) is 26.2 Å². The Labute approximate surface area is 206 Å². The highest BCUT2D eigenvalue weighted by Gasteiger charge is 2.00. The Balaban J connectivity index is 0.00000900. The van der Waals surface area contributed by atoms with Crippen LogP contribution in [0.5, 0.6) is 5.75 Å². The average molecular weight is 551 g/mol. The van der Waals surface area contributed by atoms with E-state index in [-0.39, 0.29) is 24.0 Å². The van der Waals surface area contributed by atoms with Crippen molar-refractivity contribution < 1.29 is 14.2 Å². The summed E-state index contributed by atoms with van der Waals surface area (Å²) < 4.78 is 16.8. The molecule has 0 heterocycles. The van der Waals surface area contributed by atoms with Crippen LogP contribution < -0.4 is 15.4 Å². The monoisotopic (exact) mass is 550 g/mol. The van der Waals surface area contributed by atoms with Gasteiger partial charge >= 0.3 is 0 Å². The molecule has 0 radical (unpaired) electrons. The van der Waals surface area contributed by atoms with Crippen LogP contribution in [0, 0.1) is 0 Å². The largest absolute Gasteiger partial charge is 0.494 e. The Kier molecular flexibility index (Phi) is 20.0. The molecule has 1 aromatic carbocycles. The number of rotatable bonds is 17. The normalized spacial score (nSPS) is 11.3. The third-order valence-electron chi connectivity index (χ3n) is 4.26. The summed E-state index contributed by atoms with van der Waals surface area (Å²) >= 11 is 0. The van der Waals surface area contributed by atoms with Crippen molar-refractivity contribution in [1.82, 2.24) is 15.5 Å². The van der Waals surface area contributed by atoms with Gasteiger partial charge in [0.05, 0.1) is 33.0 Å². The number of aliphatic imine (C=N–C) groups is 1. The fourth-order valence-electron chi connectivity index (χ4n) is 2.58. The van der Waals surface area contributed by atoms with Crippen molar-refractivity contribution in [3.63, 3.8) is 0 Å². The van der Waals surface area contributed by atoms with Crippen LogP contribution in [0.2, 0.25) is 0 Å². The molecule has 0 atom stereocenters. The van der Waals surface area contributed by atoms with Crippen molar-refractivity contribution in [3.05, 3.63) is 29.8 Å². The number of unbranched alkanes of at least 4 members (excludes halogenated alkanes) is 1. The lowest BCUT2D eigenvalue weighted by atomic mass is 10.2. The number of halogens is 1. The number of nitrogens with zero attached hydrogens (tertiary/aromatic N) is 2. The summed E-state index contributed by atoms with van der Waals surface area (Å²) in [4.78, 5) is 6.81. The van der Waals surface area contributed by atoms with Crippen molar-refractivity contribution in [2.75, 3.05) is 66.8 Å². The highest BCUT2D eigenvalue weighted by molar-refractivity contribution is 14.0. The Morgan fingerprint density at radius 2 is 1.61 bits per heavy atom. The molecule has 0 unspecified atom stereocenters. The van der Waals surface area contributed by atoms with Crippen molar-refractivity contribution >= 4 is 29.9 Å². The molecule has 7 nitrogen and oxygen atoms in total. The zero-order valence-electron chi connectivity index (χ0n) is 19.8. The topological polar surface area (TPSA) is 67.3 Å². The molecule has 0 fully saturated rings. The van der Waals surface area contributed by atoms with E-state index in [1.165, 1.54) is 0 Å². The van der Waals surface area contributed by atoms with Gasteiger partial charge in [0.15, 0.2) is 5.96 Å². The minimum Gasteiger partial charge on any atom is -0.494 e. The molecule has 0 saturated heterocycles. The van der Waals surface area contributed by atoms with Gasteiger partial charge in [0.2, 0.25) is 0 Å². The molecule has 0 amide bonds. The second kappa shape index (κ2) is 20.8. The lowest BCUT2D eigenvalue weighted by Gasteiger charge is -2.12. The maximum Gasteiger partial charge on any atom is 0.191 e. The van der Waals surface area contributed by atoms with E-state index in [2.05, 4.69) is 60.6 Å². The number of guanidine groups is 1.